The second-order valence-corrected chi connectivity index (χ2v) is 7.77. The Morgan fingerprint density at radius 1 is 1.11 bits per heavy atom. The van der Waals surface area contributed by atoms with Gasteiger partial charge in [0.1, 0.15) is 5.84 Å². The molecule has 1 aromatic carbocycles. The van der Waals surface area contributed by atoms with Crippen LogP contribution in [-0.2, 0) is 4.79 Å². The van der Waals surface area contributed by atoms with Crippen LogP contribution in [0.5, 0.6) is 0 Å². The fraction of sp³-hybridized carbons (Fsp3) is 0.467. The molecule has 1 aliphatic carbocycles. The largest absolute Gasteiger partial charge is 0.399 e. The SMILES string of the molecule is C.C.C/C=C1/C=CC(=O)N(CC2=CCCC=C2C)C1=NCC.CC.CNC(C)Nc1ccc(N)cc1.F.F.[HH]. The van der Waals surface area contributed by atoms with E-state index < -0.39 is 0 Å². The van der Waals surface area contributed by atoms with Crippen LogP contribution in [0.1, 0.15) is 70.7 Å². The van der Waals surface area contributed by atoms with E-state index in [0.29, 0.717) is 13.1 Å². The smallest absolute Gasteiger partial charge is 0.252 e. The summed E-state index contributed by atoms with van der Waals surface area (Å²) < 4.78 is 0. The number of amidine groups is 1. The molecule has 0 aromatic heterocycles. The molecule has 1 unspecified atom stereocenters. The molecular weight excluding hydrogens is 484 g/mol. The summed E-state index contributed by atoms with van der Waals surface area (Å²) in [5.74, 6) is 0.809. The molecule has 8 heteroatoms. The van der Waals surface area contributed by atoms with Crippen molar-refractivity contribution >= 4 is 23.1 Å². The minimum absolute atomic E-state index is 0. The van der Waals surface area contributed by atoms with Gasteiger partial charge in [-0.3, -0.25) is 24.1 Å². The first-order valence-corrected chi connectivity index (χ1v) is 12.3. The van der Waals surface area contributed by atoms with Crippen molar-refractivity contribution in [3.8, 4) is 0 Å². The van der Waals surface area contributed by atoms with Gasteiger partial charge in [-0.05, 0) is 83.5 Å². The van der Waals surface area contributed by atoms with Gasteiger partial charge in [0.15, 0.2) is 0 Å². The van der Waals surface area contributed by atoms with Gasteiger partial charge < -0.3 is 16.4 Å². The van der Waals surface area contributed by atoms with Crippen LogP contribution < -0.4 is 16.4 Å². The van der Waals surface area contributed by atoms with Crippen LogP contribution in [-0.4, -0.2) is 42.9 Å². The molecule has 1 atom stereocenters. The molecule has 1 aromatic rings. The van der Waals surface area contributed by atoms with Crippen molar-refractivity contribution in [2.24, 2.45) is 4.99 Å². The van der Waals surface area contributed by atoms with Gasteiger partial charge in [0, 0.05) is 31.0 Å². The average molecular weight is 540 g/mol. The van der Waals surface area contributed by atoms with Gasteiger partial charge in [-0.15, -0.1) is 0 Å². The zero-order valence-electron chi connectivity index (χ0n) is 22.8. The van der Waals surface area contributed by atoms with E-state index in [0.717, 1.165) is 35.6 Å². The molecule has 0 radical (unpaired) electrons. The van der Waals surface area contributed by atoms with Crippen molar-refractivity contribution in [3.05, 3.63) is 71.4 Å². The second-order valence-electron chi connectivity index (χ2n) is 7.77. The van der Waals surface area contributed by atoms with Crippen LogP contribution in [0.3, 0.4) is 0 Å². The van der Waals surface area contributed by atoms with Crippen LogP contribution in [0.2, 0.25) is 0 Å². The first-order chi connectivity index (χ1) is 16.4. The van der Waals surface area contributed by atoms with E-state index in [-0.39, 0.29) is 37.8 Å². The molecule has 2 aliphatic rings. The van der Waals surface area contributed by atoms with E-state index in [4.69, 9.17) is 5.73 Å². The number of benzene rings is 1. The molecule has 220 valence electrons. The summed E-state index contributed by atoms with van der Waals surface area (Å²) >= 11 is 0. The van der Waals surface area contributed by atoms with E-state index in [1.54, 1.807) is 11.0 Å². The Morgan fingerprint density at radius 2 is 1.68 bits per heavy atom. The summed E-state index contributed by atoms with van der Waals surface area (Å²) in [5, 5.41) is 6.34. The Hall–Kier alpha value is -3.26. The molecule has 0 spiro atoms. The molecule has 38 heavy (non-hydrogen) atoms. The van der Waals surface area contributed by atoms with Gasteiger partial charge in [-0.2, -0.15) is 0 Å². The summed E-state index contributed by atoms with van der Waals surface area (Å²) in [6.07, 6.45) is 12.4. The number of nitrogen functional groups attached to an aromatic ring is 1. The first kappa shape index (κ1) is 41.9. The highest BCUT2D eigenvalue weighted by Crippen LogP contribution is 2.22. The second kappa shape index (κ2) is 22.9. The lowest BCUT2D eigenvalue weighted by atomic mass is 9.98. The number of nitrogens with one attached hydrogen (secondary N) is 2. The van der Waals surface area contributed by atoms with Gasteiger partial charge in [0.2, 0.25) is 0 Å². The van der Waals surface area contributed by atoms with Gasteiger partial charge in [-0.25, -0.2) is 0 Å². The molecule has 1 heterocycles. The topological polar surface area (TPSA) is 82.8 Å². The molecule has 0 saturated carbocycles. The molecule has 3 rings (SSSR count). The van der Waals surface area contributed by atoms with Gasteiger partial charge in [0.25, 0.3) is 5.91 Å². The maximum Gasteiger partial charge on any atom is 0.252 e. The Balaban J connectivity index is -0.000000179. The number of amides is 1. The molecule has 0 fully saturated rings. The fourth-order valence-corrected chi connectivity index (χ4v) is 3.40. The quantitative estimate of drug-likeness (QED) is 0.258. The summed E-state index contributed by atoms with van der Waals surface area (Å²) in [4.78, 5) is 18.5. The number of carbonyl (C=O) groups excluding carboxylic acids is 1. The minimum atomic E-state index is 0. The fourth-order valence-electron chi connectivity index (χ4n) is 3.40. The van der Waals surface area contributed by atoms with Gasteiger partial charge >= 0.3 is 0 Å². The highest BCUT2D eigenvalue weighted by Gasteiger charge is 2.25. The number of aliphatic imine (C=N–C) groups is 1. The standard InChI is InChI=1S/C17H22N2O.C9H15N3.C2H6.2CH4.2FH.H2/c1-4-14-10-11-16(20)19(17(14)18-5-2)12-15-9-7-6-8-13(15)3;1-7(11-2)12-9-5-3-8(10)4-6-9;1-2;;;;;/h4,8-11H,5-7,12H2,1-3H3;3-7,11-12H,10H2,1-2H3;1-2H3;2*1H4;3*1H/b14-4-,18-17?;;;;;;;. The summed E-state index contributed by atoms with van der Waals surface area (Å²) in [6, 6.07) is 7.68. The lowest BCUT2D eigenvalue weighted by molar-refractivity contribution is -0.122. The Kier molecular flexibility index (Phi) is 25.2. The maximum absolute atomic E-state index is 12.2. The third kappa shape index (κ3) is 13.3. The van der Waals surface area contributed by atoms with Gasteiger partial charge in [0.05, 0.1) is 12.7 Å². The number of halogens is 2. The first-order valence-electron chi connectivity index (χ1n) is 12.3. The third-order valence-electron chi connectivity index (χ3n) is 5.37. The van der Waals surface area contributed by atoms with E-state index >= 15 is 0 Å². The lowest BCUT2D eigenvalue weighted by Crippen LogP contribution is -2.40. The highest BCUT2D eigenvalue weighted by molar-refractivity contribution is 6.15. The number of hydrogen-bond donors (Lipinski definition) is 3. The number of nitrogens with zero attached hydrogens (tertiary/aromatic N) is 2. The zero-order chi connectivity index (χ0) is 25.5. The summed E-state index contributed by atoms with van der Waals surface area (Å²) in [5.41, 5.74) is 10.9. The molecular formula is C30H55F2N5O. The van der Waals surface area contributed by atoms with E-state index in [2.05, 4.69) is 41.6 Å². The lowest BCUT2D eigenvalue weighted by Gasteiger charge is -2.29. The van der Waals surface area contributed by atoms with Crippen molar-refractivity contribution in [2.45, 2.75) is 75.4 Å². The van der Waals surface area contributed by atoms with Gasteiger partial charge in [-0.1, -0.05) is 52.5 Å². The minimum Gasteiger partial charge on any atom is -0.399 e. The molecule has 0 saturated heterocycles. The molecule has 1 amide bonds. The predicted molar refractivity (Wildman–Crippen MR) is 169 cm³/mol. The van der Waals surface area contributed by atoms with Crippen molar-refractivity contribution in [1.82, 2.24) is 10.2 Å². The molecule has 4 N–H and O–H groups in total. The van der Waals surface area contributed by atoms with Crippen molar-refractivity contribution in [2.75, 3.05) is 31.2 Å². The number of hydrogen-bond acceptors (Lipinski definition) is 5. The van der Waals surface area contributed by atoms with Crippen molar-refractivity contribution in [1.29, 1.82) is 0 Å². The summed E-state index contributed by atoms with van der Waals surface area (Å²) in [6.45, 7) is 13.4. The Bertz CT molecular complexity index is 941. The molecule has 6 nitrogen and oxygen atoms in total. The maximum atomic E-state index is 12.2. The number of nitrogens with two attached hydrogens (primary N) is 1. The number of anilines is 2. The Labute approximate surface area is 232 Å². The number of allylic oxidation sites excluding steroid dienone is 3. The van der Waals surface area contributed by atoms with Crippen LogP contribution in [0.4, 0.5) is 20.8 Å². The Morgan fingerprint density at radius 3 is 2.18 bits per heavy atom. The monoisotopic (exact) mass is 539 g/mol. The average Bonchev–Trinajstić information content (AvgIpc) is 2.86. The summed E-state index contributed by atoms with van der Waals surface area (Å²) in [7, 11) is 1.91. The zero-order valence-corrected chi connectivity index (χ0v) is 22.8. The van der Waals surface area contributed by atoms with Crippen molar-refractivity contribution in [3.63, 3.8) is 0 Å². The van der Waals surface area contributed by atoms with E-state index in [1.165, 1.54) is 11.1 Å². The molecule has 1 aliphatic heterocycles. The van der Waals surface area contributed by atoms with Crippen LogP contribution >= 0.6 is 0 Å². The normalized spacial score (nSPS) is 16.4. The number of rotatable bonds is 6. The van der Waals surface area contributed by atoms with Crippen LogP contribution in [0.15, 0.2) is 76.4 Å². The number of carbonyl (C=O) groups is 1. The van der Waals surface area contributed by atoms with E-state index in [1.807, 2.05) is 71.2 Å². The molecule has 0 bridgehead atoms. The van der Waals surface area contributed by atoms with Crippen LogP contribution in [0, 0.1) is 0 Å². The third-order valence-corrected chi connectivity index (χ3v) is 5.37. The van der Waals surface area contributed by atoms with Crippen LogP contribution in [0.25, 0.3) is 0 Å². The van der Waals surface area contributed by atoms with E-state index in [9.17, 15) is 4.79 Å². The highest BCUT2D eigenvalue weighted by atomic mass is 19.0. The predicted octanol–water partition coefficient (Wildman–Crippen LogP) is 7.51. The van der Waals surface area contributed by atoms with Crippen molar-refractivity contribution < 1.29 is 15.6 Å².